The average Bonchev–Trinajstić information content (AvgIpc) is 1.53. The zero-order valence-corrected chi connectivity index (χ0v) is 67.9. The number of nitrogens with two attached hydrogens (primary N) is 1. The second-order valence-corrected chi connectivity index (χ2v) is 31.9. The van der Waals surface area contributed by atoms with Gasteiger partial charge < -0.3 is 43.6 Å². The van der Waals surface area contributed by atoms with Crippen molar-refractivity contribution in [3.8, 4) is 59.1 Å². The van der Waals surface area contributed by atoms with E-state index in [1.165, 1.54) is 5.56 Å². The molecule has 0 radical (unpaired) electrons. The van der Waals surface area contributed by atoms with Crippen molar-refractivity contribution in [3.05, 3.63) is 304 Å². The van der Waals surface area contributed by atoms with Crippen molar-refractivity contribution in [2.45, 2.75) is 52.5 Å². The molecule has 0 unspecified atom stereocenters. The summed E-state index contributed by atoms with van der Waals surface area (Å²) < 4.78 is 32.2. The van der Waals surface area contributed by atoms with Crippen LogP contribution in [0.2, 0.25) is 0 Å². The summed E-state index contributed by atoms with van der Waals surface area (Å²) in [6, 6.07) is 63.2. The van der Waals surface area contributed by atoms with E-state index >= 15 is 0 Å². The third-order valence-electron chi connectivity index (χ3n) is 13.0. The number of terminal acetylenes is 2. The second-order valence-electron chi connectivity index (χ2n) is 20.1. The molecule has 11 rings (SSSR count). The Hall–Kier alpha value is -8.16. The summed E-state index contributed by atoms with van der Waals surface area (Å²) in [5, 5.41) is 12.0. The predicted octanol–water partition coefficient (Wildman–Crippen LogP) is 19.9. The maximum atomic E-state index is 12.0. The van der Waals surface area contributed by atoms with E-state index in [9.17, 15) is 24.0 Å². The SMILES string of the molecule is BrBr.C#CCN.C#CCNC(=O)c1ccccc1COC(=O)c1ccccc1.CP=S.Cc1cnc(-c2ccccc2CBr)o1.Cc1cnc(-c2ccccc2CO)o1.Cc1cnc(-c2ccccc2COC(=O)c2ccccc2)o1.O=C(OCc1ccccc1C(=O)Cl)c1ccccc1.[Cl][Au]([Cl])[Cl]. The summed E-state index contributed by atoms with van der Waals surface area (Å²) in [7, 11) is 15.9. The number of rotatable bonds is 17. The van der Waals surface area contributed by atoms with Gasteiger partial charge in [0.2, 0.25) is 17.7 Å². The minimum atomic E-state index is -1.79. The summed E-state index contributed by atoms with van der Waals surface area (Å²) in [4.78, 5) is 71.4. The molecule has 0 fully saturated rings. The van der Waals surface area contributed by atoms with Crippen molar-refractivity contribution in [2.24, 2.45) is 5.73 Å². The van der Waals surface area contributed by atoms with E-state index in [1.807, 2.05) is 112 Å². The van der Waals surface area contributed by atoms with Gasteiger partial charge in [0.25, 0.3) is 11.1 Å². The van der Waals surface area contributed by atoms with Crippen LogP contribution in [0, 0.1) is 45.5 Å². The monoisotopic (exact) mass is 1890 g/mol. The number of ether oxygens (including phenoxy) is 3. The molecule has 0 spiro atoms. The van der Waals surface area contributed by atoms with Crippen molar-refractivity contribution in [1.29, 1.82) is 0 Å². The molecule has 0 aliphatic rings. The molecule has 4 N–H and O–H groups in total. The zero-order chi connectivity index (χ0) is 76.4. The molecular formula is C77H70AuBr3Cl4N5O12PS. The van der Waals surface area contributed by atoms with Crippen molar-refractivity contribution in [2.75, 3.05) is 19.8 Å². The molecule has 11 aromatic rings. The van der Waals surface area contributed by atoms with Crippen LogP contribution in [0.3, 0.4) is 0 Å². The molecule has 104 heavy (non-hydrogen) atoms. The molecule has 0 saturated carbocycles. The van der Waals surface area contributed by atoms with Crippen LogP contribution in [0.15, 0.2) is 244 Å². The van der Waals surface area contributed by atoms with Gasteiger partial charge in [-0.25, -0.2) is 29.3 Å². The quantitative estimate of drug-likeness (QED) is 0.0146. The van der Waals surface area contributed by atoms with Gasteiger partial charge in [-0.2, -0.15) is 0 Å². The van der Waals surface area contributed by atoms with Crippen LogP contribution in [-0.4, -0.2) is 68.9 Å². The molecule has 0 bridgehead atoms. The Bertz CT molecular complexity index is 4390. The number of hydrogen-bond acceptors (Lipinski definition) is 17. The Morgan fingerprint density at radius 3 is 1.13 bits per heavy atom. The molecule has 27 heteroatoms. The molecule has 8 aromatic carbocycles. The fourth-order valence-corrected chi connectivity index (χ4v) is 9.01. The van der Waals surface area contributed by atoms with Gasteiger partial charge >= 0.3 is 60.7 Å². The Labute approximate surface area is 658 Å². The summed E-state index contributed by atoms with van der Waals surface area (Å²) in [6.45, 7) is 8.20. The van der Waals surface area contributed by atoms with Crippen molar-refractivity contribution < 1.29 is 71.7 Å². The molecule has 3 heterocycles. The first-order valence-corrected chi connectivity index (χ1v) is 46.0. The van der Waals surface area contributed by atoms with Crippen LogP contribution < -0.4 is 11.1 Å². The number of aliphatic hydroxyl groups is 1. The molecule has 546 valence electrons. The van der Waals surface area contributed by atoms with Crippen LogP contribution in [0.5, 0.6) is 0 Å². The number of aromatic nitrogens is 3. The molecule has 3 aromatic heterocycles. The van der Waals surface area contributed by atoms with Gasteiger partial charge in [0.15, 0.2) is 0 Å². The van der Waals surface area contributed by atoms with Crippen LogP contribution in [-0.2, 0) is 73.0 Å². The number of benzene rings is 8. The van der Waals surface area contributed by atoms with Crippen LogP contribution in [0.4, 0.5) is 0 Å². The van der Waals surface area contributed by atoms with Gasteiger partial charge in [-0.3, -0.25) is 9.59 Å². The molecule has 0 atom stereocenters. The van der Waals surface area contributed by atoms with E-state index in [2.05, 4.69) is 101 Å². The van der Waals surface area contributed by atoms with E-state index in [0.717, 1.165) is 57.8 Å². The van der Waals surface area contributed by atoms with Gasteiger partial charge in [0, 0.05) is 78.1 Å². The number of carbonyl (C=O) groups excluding carboxylic acids is 5. The Kier molecular flexibility index (Phi) is 46.4. The third kappa shape index (κ3) is 34.2. The number of nitrogens with zero attached hydrogens (tertiary/aromatic N) is 3. The topological polar surface area (TPSA) is 249 Å². The maximum absolute atomic E-state index is 12.0. The first-order chi connectivity index (χ1) is 50.3. The van der Waals surface area contributed by atoms with Crippen molar-refractivity contribution in [1.82, 2.24) is 20.3 Å². The van der Waals surface area contributed by atoms with Gasteiger partial charge in [-0.15, -0.1) is 12.8 Å². The second kappa shape index (κ2) is 53.6. The van der Waals surface area contributed by atoms with Crippen LogP contribution in [0.1, 0.15) is 96.9 Å². The van der Waals surface area contributed by atoms with E-state index in [-0.39, 0.29) is 44.8 Å². The summed E-state index contributed by atoms with van der Waals surface area (Å²) >= 11 is 17.0. The molecule has 1 amide bonds. The van der Waals surface area contributed by atoms with Crippen molar-refractivity contribution in [3.63, 3.8) is 0 Å². The fourth-order valence-electron chi connectivity index (χ4n) is 8.34. The number of aliphatic hydroxyl groups excluding tert-OH is 1. The molecule has 17 nitrogen and oxygen atoms in total. The standard InChI is InChI=1S/2C18H15NO3.C15H11ClO3.C11H10BrNO.C11H11NO2.C3H5N.CH3PS.Au.Br2.3ClH/c1-13-11-19-17(22-13)16-10-6-5-9-15(16)12-21-18(20)14-7-3-2-4-8-14;1-2-12-19-17(20)16-11-7-6-10-15(16)13-22-18(21)14-8-4-3-5-9-14;16-14(17)13-9-5-4-8-12(13)10-19-15(18)11-6-2-1-3-7-11;1-8-7-13-11(14-8)10-5-3-2-4-9(10)6-12;1-8-6-12-11(14-8)10-5-3-2-4-9(10)7-13;1-2-3-4;1-2-3;;1-2;;;/h2-11H,12H2,1H3;1,3-11H,12-13H2,(H,19,20);1-9H,10H2;2-5,7H,6H2,1H3;2-6,13H,7H2,1H3;1H,3-4H2;1H3;;;3*1H/q;;;;;;;+3;;;;/p-3. The number of halogens is 7. The number of aryl methyl sites for hydroxylation is 3. The summed E-state index contributed by atoms with van der Waals surface area (Å²) in [5.74, 6) is 7.19. The number of hydrogen-bond donors (Lipinski definition) is 3. The Morgan fingerprint density at radius 1 is 0.519 bits per heavy atom. The number of carbonyl (C=O) groups is 5. The van der Waals surface area contributed by atoms with E-state index in [4.69, 9.17) is 83.9 Å². The summed E-state index contributed by atoms with van der Waals surface area (Å²) in [6.07, 6.45) is 14.8. The van der Waals surface area contributed by atoms with Crippen LogP contribution >= 0.6 is 90.7 Å². The predicted molar refractivity (Wildman–Crippen MR) is 423 cm³/mol. The first-order valence-electron chi connectivity index (χ1n) is 30.4. The van der Waals surface area contributed by atoms with E-state index in [1.54, 1.807) is 140 Å². The summed E-state index contributed by atoms with van der Waals surface area (Å²) in [5.41, 5.74) is 13.9. The van der Waals surface area contributed by atoms with Gasteiger partial charge in [0.05, 0.1) is 55.0 Å². The van der Waals surface area contributed by atoms with E-state index in [0.29, 0.717) is 63.2 Å². The first kappa shape index (κ1) is 90.1. The van der Waals surface area contributed by atoms with Gasteiger partial charge in [-0.1, -0.05) is 185 Å². The van der Waals surface area contributed by atoms with Gasteiger partial charge in [0.1, 0.15) is 37.1 Å². The number of amides is 1. The normalized spacial score (nSPS) is 9.74. The Morgan fingerprint density at radius 2 is 0.808 bits per heavy atom. The van der Waals surface area contributed by atoms with E-state index < -0.39 is 32.4 Å². The number of nitrogens with one attached hydrogen (secondary N) is 1. The third-order valence-corrected chi connectivity index (χ3v) is 13.8. The molecular weight excluding hydrogens is 1830 g/mol. The minimum absolute atomic E-state index is 0.00238. The molecule has 0 aliphatic heterocycles. The number of esters is 3. The van der Waals surface area contributed by atoms with Gasteiger partial charge in [-0.05, 0) is 124 Å². The van der Waals surface area contributed by atoms with Crippen molar-refractivity contribution >= 4 is 132 Å². The molecule has 0 saturated heterocycles. The zero-order valence-electron chi connectivity index (χ0n) is 56.2. The average molecular weight is 1900 g/mol. The Balaban J connectivity index is 0.000000326. The number of alkyl halides is 1. The van der Waals surface area contributed by atoms with Crippen LogP contribution in [0.25, 0.3) is 34.4 Å². The fraction of sp³-hybridized carbons (Fsp3) is 0.143. The number of oxazole rings is 3. The molecule has 0 aliphatic carbocycles.